The number of hydrogen-bond donors (Lipinski definition) is 1. The smallest absolute Gasteiger partial charge is 0.117 e. The van der Waals surface area contributed by atoms with Gasteiger partial charge in [0.25, 0.3) is 0 Å². The molecule has 1 aliphatic heterocycles. The molecular weight excluding hydrogens is 298 g/mol. The van der Waals surface area contributed by atoms with Crippen LogP contribution in [-0.4, -0.2) is 53.9 Å². The third-order valence-electron chi connectivity index (χ3n) is 4.59. The van der Waals surface area contributed by atoms with E-state index in [0.717, 1.165) is 49.4 Å². The quantitative estimate of drug-likeness (QED) is 0.534. The van der Waals surface area contributed by atoms with E-state index in [-0.39, 0.29) is 0 Å². The van der Waals surface area contributed by atoms with Crippen LogP contribution in [0.1, 0.15) is 22.3 Å². The maximum atomic E-state index is 9.54. The predicted octanol–water partition coefficient (Wildman–Crippen LogP) is 2.97. The van der Waals surface area contributed by atoms with Crippen molar-refractivity contribution in [1.29, 1.82) is 0 Å². The Bertz CT molecular complexity index is 718. The minimum atomic E-state index is 0.624. The van der Waals surface area contributed by atoms with Crippen LogP contribution in [0, 0.1) is 6.92 Å². The van der Waals surface area contributed by atoms with Crippen LogP contribution < -0.4 is 0 Å². The zero-order valence-electron chi connectivity index (χ0n) is 14.4. The van der Waals surface area contributed by atoms with E-state index >= 15 is 0 Å². The second-order valence-electron chi connectivity index (χ2n) is 6.60. The molecule has 0 radical (unpaired) electrons. The first-order valence-electron chi connectivity index (χ1n) is 8.45. The van der Waals surface area contributed by atoms with Crippen LogP contribution in [0.2, 0.25) is 0 Å². The largest absolute Gasteiger partial charge is 0.410 e. The molecule has 2 aromatic rings. The summed E-state index contributed by atoms with van der Waals surface area (Å²) < 4.78 is 0. The highest BCUT2D eigenvalue weighted by molar-refractivity contribution is 6.12. The summed E-state index contributed by atoms with van der Waals surface area (Å²) in [6, 6.07) is 16.4. The van der Waals surface area contributed by atoms with Gasteiger partial charge in [0.15, 0.2) is 0 Å². The molecule has 0 aliphatic carbocycles. The highest BCUT2D eigenvalue weighted by Gasteiger charge is 2.15. The Morgan fingerprint density at radius 1 is 1.00 bits per heavy atom. The Morgan fingerprint density at radius 2 is 1.67 bits per heavy atom. The van der Waals surface area contributed by atoms with Gasteiger partial charge in [-0.3, -0.25) is 4.90 Å². The highest BCUT2D eigenvalue weighted by Crippen LogP contribution is 2.16. The van der Waals surface area contributed by atoms with Gasteiger partial charge in [0.2, 0.25) is 0 Å². The fourth-order valence-electron chi connectivity index (χ4n) is 3.16. The molecule has 126 valence electrons. The lowest BCUT2D eigenvalue weighted by atomic mass is 9.99. The molecule has 4 nitrogen and oxygen atoms in total. The first-order valence-corrected chi connectivity index (χ1v) is 8.45. The van der Waals surface area contributed by atoms with E-state index in [2.05, 4.69) is 34.1 Å². The molecule has 1 aliphatic rings. The number of rotatable bonds is 4. The summed E-state index contributed by atoms with van der Waals surface area (Å²) in [4.78, 5) is 4.84. The molecule has 0 spiro atoms. The average molecular weight is 323 g/mol. The molecule has 1 saturated heterocycles. The summed E-state index contributed by atoms with van der Waals surface area (Å²) in [5.74, 6) is 0. The standard InChI is InChI=1S/C20H25N3O/c1-16-5-3-7-18(13-16)20(21-24)19-8-4-6-17(14-19)15-23-11-9-22(2)10-12-23/h3-8,13-14,24H,9-12,15H2,1-2H3/b21-20+. The van der Waals surface area contributed by atoms with E-state index in [9.17, 15) is 5.21 Å². The number of hydrogen-bond acceptors (Lipinski definition) is 4. The van der Waals surface area contributed by atoms with Crippen molar-refractivity contribution in [1.82, 2.24) is 9.80 Å². The third-order valence-corrected chi connectivity index (χ3v) is 4.59. The van der Waals surface area contributed by atoms with Crippen LogP contribution in [0.3, 0.4) is 0 Å². The van der Waals surface area contributed by atoms with E-state index in [1.165, 1.54) is 5.56 Å². The average Bonchev–Trinajstić information content (AvgIpc) is 2.58. The van der Waals surface area contributed by atoms with Crippen molar-refractivity contribution in [3.8, 4) is 0 Å². The van der Waals surface area contributed by atoms with Crippen molar-refractivity contribution < 1.29 is 5.21 Å². The molecule has 0 atom stereocenters. The van der Waals surface area contributed by atoms with Crippen LogP contribution in [0.5, 0.6) is 0 Å². The summed E-state index contributed by atoms with van der Waals surface area (Å²) >= 11 is 0. The van der Waals surface area contributed by atoms with Gasteiger partial charge in [0, 0.05) is 43.9 Å². The molecule has 24 heavy (non-hydrogen) atoms. The number of oxime groups is 1. The molecule has 0 saturated carbocycles. The second kappa shape index (κ2) is 7.60. The SMILES string of the molecule is Cc1cccc(/C(=N\O)c2cccc(CN3CCN(C)CC3)c2)c1. The van der Waals surface area contributed by atoms with Gasteiger partial charge >= 0.3 is 0 Å². The lowest BCUT2D eigenvalue weighted by Crippen LogP contribution is -2.43. The fourth-order valence-corrected chi connectivity index (χ4v) is 3.16. The number of piperazine rings is 1. The molecule has 1 fully saturated rings. The van der Waals surface area contributed by atoms with E-state index in [4.69, 9.17) is 0 Å². The predicted molar refractivity (Wildman–Crippen MR) is 97.8 cm³/mol. The van der Waals surface area contributed by atoms with Gasteiger partial charge in [-0.2, -0.15) is 0 Å². The minimum Gasteiger partial charge on any atom is -0.410 e. The molecule has 0 bridgehead atoms. The lowest BCUT2D eigenvalue weighted by molar-refractivity contribution is 0.148. The molecule has 2 aromatic carbocycles. The summed E-state index contributed by atoms with van der Waals surface area (Å²) in [5.41, 5.74) is 4.93. The van der Waals surface area contributed by atoms with Crippen molar-refractivity contribution in [2.45, 2.75) is 13.5 Å². The molecule has 1 heterocycles. The van der Waals surface area contributed by atoms with E-state index in [1.54, 1.807) is 0 Å². The number of nitrogens with zero attached hydrogens (tertiary/aromatic N) is 3. The van der Waals surface area contributed by atoms with Gasteiger partial charge in [-0.1, -0.05) is 47.1 Å². The third kappa shape index (κ3) is 4.02. The molecule has 4 heteroatoms. The first kappa shape index (κ1) is 16.7. The van der Waals surface area contributed by atoms with Gasteiger partial charge < -0.3 is 10.1 Å². The van der Waals surface area contributed by atoms with Crippen LogP contribution in [0.4, 0.5) is 0 Å². The normalized spacial score (nSPS) is 17.2. The molecule has 0 unspecified atom stereocenters. The topological polar surface area (TPSA) is 39.1 Å². The molecule has 1 N–H and O–H groups in total. The molecule has 0 aromatic heterocycles. The Labute approximate surface area is 144 Å². The molecule has 0 amide bonds. The maximum absolute atomic E-state index is 9.54. The minimum absolute atomic E-state index is 0.624. The second-order valence-corrected chi connectivity index (χ2v) is 6.60. The molecular formula is C20H25N3O. The molecule has 3 rings (SSSR count). The monoisotopic (exact) mass is 323 g/mol. The van der Waals surface area contributed by atoms with Crippen molar-refractivity contribution in [2.75, 3.05) is 33.2 Å². The van der Waals surface area contributed by atoms with Crippen molar-refractivity contribution in [3.63, 3.8) is 0 Å². The van der Waals surface area contributed by atoms with E-state index in [0.29, 0.717) is 5.71 Å². The summed E-state index contributed by atoms with van der Waals surface area (Å²) in [6.07, 6.45) is 0. The Balaban J connectivity index is 1.79. The number of benzene rings is 2. The Morgan fingerprint density at radius 3 is 2.33 bits per heavy atom. The van der Waals surface area contributed by atoms with Crippen molar-refractivity contribution >= 4 is 5.71 Å². The zero-order valence-corrected chi connectivity index (χ0v) is 14.4. The van der Waals surface area contributed by atoms with Gasteiger partial charge in [-0.05, 0) is 31.7 Å². The number of aryl methyl sites for hydroxylation is 1. The van der Waals surface area contributed by atoms with E-state index < -0.39 is 0 Å². The summed E-state index contributed by atoms with van der Waals surface area (Å²) in [5, 5.41) is 13.1. The van der Waals surface area contributed by atoms with Crippen LogP contribution >= 0.6 is 0 Å². The Hall–Kier alpha value is -2.17. The van der Waals surface area contributed by atoms with Crippen molar-refractivity contribution in [2.24, 2.45) is 5.16 Å². The first-order chi connectivity index (χ1) is 11.7. The van der Waals surface area contributed by atoms with Gasteiger partial charge in [-0.25, -0.2) is 0 Å². The van der Waals surface area contributed by atoms with Gasteiger partial charge in [0.05, 0.1) is 0 Å². The Kier molecular flexibility index (Phi) is 5.28. The van der Waals surface area contributed by atoms with Crippen LogP contribution in [0.25, 0.3) is 0 Å². The van der Waals surface area contributed by atoms with Crippen LogP contribution in [-0.2, 0) is 6.54 Å². The number of likely N-dealkylation sites (N-methyl/N-ethyl adjacent to an activating group) is 1. The maximum Gasteiger partial charge on any atom is 0.117 e. The fraction of sp³-hybridized carbons (Fsp3) is 0.350. The van der Waals surface area contributed by atoms with Gasteiger partial charge in [0.1, 0.15) is 5.71 Å². The zero-order chi connectivity index (χ0) is 16.9. The summed E-state index contributed by atoms with van der Waals surface area (Å²) in [6.45, 7) is 7.41. The lowest BCUT2D eigenvalue weighted by Gasteiger charge is -2.32. The summed E-state index contributed by atoms with van der Waals surface area (Å²) in [7, 11) is 2.17. The van der Waals surface area contributed by atoms with E-state index in [1.807, 2.05) is 43.3 Å². The van der Waals surface area contributed by atoms with Gasteiger partial charge in [-0.15, -0.1) is 0 Å². The van der Waals surface area contributed by atoms with Crippen LogP contribution in [0.15, 0.2) is 53.7 Å². The highest BCUT2D eigenvalue weighted by atomic mass is 16.4. The van der Waals surface area contributed by atoms with Crippen molar-refractivity contribution in [3.05, 3.63) is 70.8 Å².